The minimum absolute atomic E-state index is 1.20. The molecule has 25 heavy (non-hydrogen) atoms. The van der Waals surface area contributed by atoms with Crippen LogP contribution in [0.3, 0.4) is 0 Å². The van der Waals surface area contributed by atoms with Gasteiger partial charge in [-0.25, -0.2) is 14.7 Å². The van der Waals surface area contributed by atoms with Crippen molar-refractivity contribution in [2.75, 3.05) is 61.6 Å². The van der Waals surface area contributed by atoms with Crippen LogP contribution in [0.15, 0.2) is 9.24 Å². The Bertz CT molecular complexity index is 563. The first-order valence-corrected chi connectivity index (χ1v) is 21.0. The molecule has 0 aliphatic rings. The fourth-order valence-electron chi connectivity index (χ4n) is 2.54. The van der Waals surface area contributed by atoms with Crippen molar-refractivity contribution < 1.29 is 0 Å². The monoisotopic (exact) mass is 446 g/mol. The number of nitrogens with zero attached hydrogens (tertiary/aromatic N) is 2. The SMILES string of the molecule is CCCCSS(C)(C)(C)(C)c1nnsc1S(C)(C)(C)(C)SCCCC. The van der Waals surface area contributed by atoms with Crippen LogP contribution in [0.1, 0.15) is 39.5 Å². The molecule has 2 nitrogen and oxygen atoms in total. The van der Waals surface area contributed by atoms with Crippen molar-refractivity contribution in [3.63, 3.8) is 0 Å². The van der Waals surface area contributed by atoms with Crippen LogP contribution in [0.4, 0.5) is 0 Å². The van der Waals surface area contributed by atoms with E-state index in [0.717, 1.165) is 0 Å². The molecule has 0 amide bonds. The lowest BCUT2D eigenvalue weighted by molar-refractivity contribution is 0.897. The average molecular weight is 447 g/mol. The van der Waals surface area contributed by atoms with Gasteiger partial charge in [0.05, 0.1) is 4.21 Å². The zero-order valence-electron chi connectivity index (χ0n) is 18.2. The van der Waals surface area contributed by atoms with E-state index in [2.05, 4.69) is 90.0 Å². The maximum Gasteiger partial charge on any atom is 0.121 e. The Morgan fingerprint density at radius 1 is 0.760 bits per heavy atom. The standard InChI is InChI=1S/C18H42N2S5/c1-11-13-15-21-24(3,4,5,6)17-18(23-20-19-17)25(7,8,9,10)22-16-14-12-2/h11-16H2,1-10H3. The third-order valence-electron chi connectivity index (χ3n) is 4.32. The maximum atomic E-state index is 4.81. The second-order valence-electron chi connectivity index (χ2n) is 11.2. The van der Waals surface area contributed by atoms with Gasteiger partial charge in [0.2, 0.25) is 0 Å². The molecule has 0 aliphatic heterocycles. The highest BCUT2D eigenvalue weighted by atomic mass is 33.2. The summed E-state index contributed by atoms with van der Waals surface area (Å²) in [6.45, 7) is 4.55. The number of rotatable bonds is 10. The van der Waals surface area contributed by atoms with E-state index in [-0.39, 0.29) is 0 Å². The summed E-state index contributed by atoms with van der Waals surface area (Å²) < 4.78 is 5.99. The molecule has 154 valence electrons. The van der Waals surface area contributed by atoms with Crippen molar-refractivity contribution in [3.05, 3.63) is 0 Å². The van der Waals surface area contributed by atoms with E-state index in [9.17, 15) is 0 Å². The van der Waals surface area contributed by atoms with Crippen LogP contribution in [0, 0.1) is 0 Å². The third kappa shape index (κ3) is 5.97. The zero-order chi connectivity index (χ0) is 19.7. The second kappa shape index (κ2) is 6.23. The highest BCUT2D eigenvalue weighted by Crippen LogP contribution is 3.00. The Morgan fingerprint density at radius 3 is 1.64 bits per heavy atom. The first kappa shape index (κ1) is 24.0. The van der Waals surface area contributed by atoms with Crippen molar-refractivity contribution >= 4 is 47.8 Å². The van der Waals surface area contributed by atoms with Gasteiger partial charge < -0.3 is 0 Å². The van der Waals surface area contributed by atoms with E-state index < -0.39 is 14.7 Å². The van der Waals surface area contributed by atoms with Gasteiger partial charge in [-0.15, -0.1) is 26.7 Å². The van der Waals surface area contributed by atoms with E-state index in [4.69, 9.17) is 5.10 Å². The fraction of sp³-hybridized carbons (Fsp3) is 0.889. The summed E-state index contributed by atoms with van der Waals surface area (Å²) in [6.07, 6.45) is 25.0. The van der Waals surface area contributed by atoms with Gasteiger partial charge in [0, 0.05) is 11.5 Å². The molecule has 0 saturated carbocycles. The molecule has 1 heterocycles. The lowest BCUT2D eigenvalue weighted by Crippen LogP contribution is -2.34. The van der Waals surface area contributed by atoms with Gasteiger partial charge in [-0.1, -0.05) is 31.2 Å². The second-order valence-corrected chi connectivity index (χ2v) is 40.8. The molecule has 1 rings (SSSR count). The summed E-state index contributed by atoms with van der Waals surface area (Å²) in [5.74, 6) is 2.42. The summed E-state index contributed by atoms with van der Waals surface area (Å²) in [4.78, 5) is 0. The van der Waals surface area contributed by atoms with Gasteiger partial charge in [0.1, 0.15) is 5.03 Å². The normalized spacial score (nSPS) is 19.0. The van der Waals surface area contributed by atoms with Crippen LogP contribution < -0.4 is 0 Å². The summed E-state index contributed by atoms with van der Waals surface area (Å²) in [5.41, 5.74) is 0. The van der Waals surface area contributed by atoms with Crippen LogP contribution in [0.5, 0.6) is 0 Å². The Hall–Kier alpha value is 0.960. The lowest BCUT2D eigenvalue weighted by Gasteiger charge is -2.72. The smallest absolute Gasteiger partial charge is 0.121 e. The predicted molar refractivity (Wildman–Crippen MR) is 134 cm³/mol. The Labute approximate surface area is 166 Å². The Kier molecular flexibility index (Phi) is 5.98. The van der Waals surface area contributed by atoms with Crippen molar-refractivity contribution in [1.82, 2.24) is 9.59 Å². The van der Waals surface area contributed by atoms with Gasteiger partial charge in [0.25, 0.3) is 0 Å². The molecule has 0 spiro atoms. The maximum absolute atomic E-state index is 4.81. The van der Waals surface area contributed by atoms with Crippen molar-refractivity contribution in [1.29, 1.82) is 0 Å². The van der Waals surface area contributed by atoms with Gasteiger partial charge in [0.15, 0.2) is 0 Å². The average Bonchev–Trinajstić information content (AvgIpc) is 2.89. The molecule has 0 aromatic carbocycles. The van der Waals surface area contributed by atoms with Crippen molar-refractivity contribution in [2.45, 2.75) is 48.8 Å². The first-order valence-electron chi connectivity index (χ1n) is 9.06. The molecular weight excluding hydrogens is 405 g/mol. The van der Waals surface area contributed by atoms with Crippen LogP contribution in [-0.2, 0) is 0 Å². The molecule has 0 N–H and O–H groups in total. The summed E-state index contributed by atoms with van der Waals surface area (Å²) in [5, 5.41) is 6.12. The summed E-state index contributed by atoms with van der Waals surface area (Å²) in [6, 6.07) is 0. The molecule has 0 unspecified atom stereocenters. The highest BCUT2D eigenvalue weighted by Gasteiger charge is 2.56. The van der Waals surface area contributed by atoms with Crippen LogP contribution >= 0.6 is 47.8 Å². The predicted octanol–water partition coefficient (Wildman–Crippen LogP) is 6.94. The molecule has 1 aromatic heterocycles. The largest absolute Gasteiger partial charge is 0.215 e. The molecule has 0 bridgehead atoms. The first-order chi connectivity index (χ1) is 10.9. The Morgan fingerprint density at radius 2 is 1.20 bits per heavy atom. The van der Waals surface area contributed by atoms with E-state index in [0.29, 0.717) is 0 Å². The van der Waals surface area contributed by atoms with E-state index in [1.54, 1.807) is 11.5 Å². The topological polar surface area (TPSA) is 25.8 Å². The van der Waals surface area contributed by atoms with Crippen molar-refractivity contribution in [2.24, 2.45) is 0 Å². The fourth-order valence-corrected chi connectivity index (χ4v) is 19.9. The van der Waals surface area contributed by atoms with Gasteiger partial charge in [-0.2, -0.15) is 0 Å². The third-order valence-corrected chi connectivity index (χ3v) is 23.1. The number of hydrogen-bond acceptors (Lipinski definition) is 5. The van der Waals surface area contributed by atoms with Crippen molar-refractivity contribution in [3.8, 4) is 0 Å². The van der Waals surface area contributed by atoms with E-state index in [1.165, 1.54) is 46.4 Å². The molecule has 7 heteroatoms. The highest BCUT2D eigenvalue weighted by molar-refractivity contribution is 9.13. The minimum Gasteiger partial charge on any atom is -0.215 e. The zero-order valence-corrected chi connectivity index (χ0v) is 22.3. The van der Waals surface area contributed by atoms with Gasteiger partial charge >= 0.3 is 0 Å². The van der Waals surface area contributed by atoms with E-state index >= 15 is 0 Å². The van der Waals surface area contributed by atoms with E-state index in [1.807, 2.05) is 0 Å². The molecule has 0 atom stereocenters. The minimum atomic E-state index is -2.53. The number of unbranched alkanes of at least 4 members (excludes halogenated alkanes) is 2. The Balaban J connectivity index is 3.48. The van der Waals surface area contributed by atoms with Crippen LogP contribution in [-0.4, -0.2) is 71.1 Å². The summed E-state index contributed by atoms with van der Waals surface area (Å²) in [7, 11) is -0.668. The molecular formula is C18H42N2S5. The number of hydrogen-bond donors (Lipinski definition) is 0. The molecule has 0 aliphatic carbocycles. The lowest BCUT2D eigenvalue weighted by atomic mass is 10.4. The van der Waals surface area contributed by atoms with Crippen LogP contribution in [0.25, 0.3) is 0 Å². The quantitative estimate of drug-likeness (QED) is 0.287. The molecule has 0 radical (unpaired) electrons. The summed E-state index contributed by atoms with van der Waals surface area (Å²) >= 11 is 1.66. The molecule has 0 saturated heterocycles. The van der Waals surface area contributed by atoms with Gasteiger partial charge in [-0.3, -0.25) is 0 Å². The van der Waals surface area contributed by atoms with Gasteiger partial charge in [-0.05, 0) is 74.4 Å². The van der Waals surface area contributed by atoms with Crippen LogP contribution in [0.2, 0.25) is 0 Å². The molecule has 1 aromatic rings. The molecule has 0 fully saturated rings. The number of aromatic nitrogens is 2.